The number of pyridine rings is 1. The van der Waals surface area contributed by atoms with E-state index in [-0.39, 0.29) is 5.91 Å². The van der Waals surface area contributed by atoms with Crippen LogP contribution in [0.25, 0.3) is 16.3 Å². The molecule has 4 aromatic rings. The normalized spacial score (nSPS) is 11.3. The minimum atomic E-state index is -0.106. The summed E-state index contributed by atoms with van der Waals surface area (Å²) in [6.07, 6.45) is 5.19. The summed E-state index contributed by atoms with van der Waals surface area (Å²) < 4.78 is 1.08. The molecule has 4 rings (SSSR count). The van der Waals surface area contributed by atoms with E-state index in [1.165, 1.54) is 11.3 Å². The number of nitrogens with zero attached hydrogens (tertiary/aromatic N) is 3. The van der Waals surface area contributed by atoms with Crippen LogP contribution < -0.4 is 4.90 Å². The van der Waals surface area contributed by atoms with Gasteiger partial charge in [0.05, 0.1) is 22.5 Å². The highest BCUT2D eigenvalue weighted by Gasteiger charge is 2.19. The Labute approximate surface area is 165 Å². The summed E-state index contributed by atoms with van der Waals surface area (Å²) >= 11 is 3.12. The second-order valence-electron chi connectivity index (χ2n) is 6.01. The Kier molecular flexibility index (Phi) is 5.09. The fourth-order valence-electron chi connectivity index (χ4n) is 2.71. The average Bonchev–Trinajstić information content (AvgIpc) is 3.35. The molecule has 4 nitrogen and oxygen atoms in total. The molecule has 3 aromatic heterocycles. The number of thiazole rings is 1. The third-order valence-electron chi connectivity index (χ3n) is 4.09. The van der Waals surface area contributed by atoms with E-state index < -0.39 is 0 Å². The van der Waals surface area contributed by atoms with Gasteiger partial charge in [-0.1, -0.05) is 35.6 Å². The number of hydrogen-bond donors (Lipinski definition) is 0. The van der Waals surface area contributed by atoms with Gasteiger partial charge >= 0.3 is 0 Å². The number of anilines is 1. The Morgan fingerprint density at radius 3 is 2.81 bits per heavy atom. The van der Waals surface area contributed by atoms with Crippen LogP contribution in [0.3, 0.4) is 0 Å². The largest absolute Gasteiger partial charge is 0.278 e. The highest BCUT2D eigenvalue weighted by Crippen LogP contribution is 2.31. The van der Waals surface area contributed by atoms with Gasteiger partial charge < -0.3 is 0 Å². The van der Waals surface area contributed by atoms with Crippen molar-refractivity contribution in [1.29, 1.82) is 0 Å². The molecule has 0 saturated carbocycles. The third kappa shape index (κ3) is 3.97. The van der Waals surface area contributed by atoms with Crippen LogP contribution in [-0.2, 0) is 11.3 Å². The van der Waals surface area contributed by atoms with Gasteiger partial charge in [-0.2, -0.15) is 0 Å². The number of rotatable bonds is 5. The first-order valence-electron chi connectivity index (χ1n) is 8.50. The predicted molar refractivity (Wildman–Crippen MR) is 113 cm³/mol. The summed E-state index contributed by atoms with van der Waals surface area (Å²) in [5, 5.41) is 2.68. The zero-order chi connectivity index (χ0) is 18.6. The van der Waals surface area contributed by atoms with Crippen LogP contribution in [-0.4, -0.2) is 15.9 Å². The van der Waals surface area contributed by atoms with E-state index in [4.69, 9.17) is 4.98 Å². The maximum Gasteiger partial charge on any atom is 0.253 e. The van der Waals surface area contributed by atoms with E-state index in [0.29, 0.717) is 11.7 Å². The van der Waals surface area contributed by atoms with Crippen molar-refractivity contribution < 1.29 is 4.79 Å². The maximum atomic E-state index is 13.0. The van der Waals surface area contributed by atoms with E-state index in [9.17, 15) is 4.79 Å². The summed E-state index contributed by atoms with van der Waals surface area (Å²) in [5.74, 6) is -0.106. The van der Waals surface area contributed by atoms with Gasteiger partial charge in [-0.05, 0) is 48.2 Å². The molecular weight excluding hydrogens is 374 g/mol. The van der Waals surface area contributed by atoms with Gasteiger partial charge in [0.2, 0.25) is 0 Å². The van der Waals surface area contributed by atoms with E-state index in [1.807, 2.05) is 66.9 Å². The lowest BCUT2D eigenvalue weighted by Crippen LogP contribution is -2.29. The lowest BCUT2D eigenvalue weighted by molar-refractivity contribution is -0.114. The van der Waals surface area contributed by atoms with Crippen molar-refractivity contribution in [2.75, 3.05) is 4.90 Å². The van der Waals surface area contributed by atoms with E-state index in [2.05, 4.69) is 4.98 Å². The van der Waals surface area contributed by atoms with E-state index in [1.54, 1.807) is 28.5 Å². The Balaban J connectivity index is 1.70. The summed E-state index contributed by atoms with van der Waals surface area (Å²) in [6, 6.07) is 15.8. The van der Waals surface area contributed by atoms with Crippen molar-refractivity contribution in [2.45, 2.75) is 13.5 Å². The van der Waals surface area contributed by atoms with E-state index in [0.717, 1.165) is 26.4 Å². The fourth-order valence-corrected chi connectivity index (χ4v) is 4.38. The number of carbonyl (C=O) groups excluding carboxylic acids is 1. The maximum absolute atomic E-state index is 13.0. The second-order valence-corrected chi connectivity index (χ2v) is 8.00. The first-order valence-corrected chi connectivity index (χ1v) is 10.2. The van der Waals surface area contributed by atoms with Crippen LogP contribution in [0.15, 0.2) is 66.2 Å². The van der Waals surface area contributed by atoms with Crippen molar-refractivity contribution in [3.63, 3.8) is 0 Å². The Bertz CT molecular complexity index is 1090. The van der Waals surface area contributed by atoms with Gasteiger partial charge in [-0.25, -0.2) is 4.98 Å². The van der Waals surface area contributed by atoms with Crippen LogP contribution in [0.1, 0.15) is 16.1 Å². The first-order chi connectivity index (χ1) is 13.2. The molecular formula is C21H17N3OS2. The summed E-state index contributed by atoms with van der Waals surface area (Å²) in [7, 11) is 0. The van der Waals surface area contributed by atoms with Crippen LogP contribution in [0.4, 0.5) is 5.13 Å². The average molecular weight is 392 g/mol. The standard InChI is InChI=1S/C21H17N3OS2/c1-15-6-4-9-18-20(15)23-21(27-18)24(14-16-7-2-3-12-22-16)19(25)11-10-17-8-5-13-26-17/h2-13H,14H2,1H3. The third-order valence-corrected chi connectivity index (χ3v) is 5.97. The van der Waals surface area contributed by atoms with Gasteiger partial charge in [0.15, 0.2) is 5.13 Å². The zero-order valence-electron chi connectivity index (χ0n) is 14.7. The molecule has 27 heavy (non-hydrogen) atoms. The number of benzene rings is 1. The molecule has 0 atom stereocenters. The van der Waals surface area contributed by atoms with Crippen molar-refractivity contribution in [3.05, 3.63) is 82.3 Å². The molecule has 0 aliphatic rings. The van der Waals surface area contributed by atoms with Crippen LogP contribution in [0.2, 0.25) is 0 Å². The summed E-state index contributed by atoms with van der Waals surface area (Å²) in [6.45, 7) is 2.42. The minimum Gasteiger partial charge on any atom is -0.278 e. The number of carbonyl (C=O) groups is 1. The molecule has 134 valence electrons. The quantitative estimate of drug-likeness (QED) is 0.433. The molecule has 0 N–H and O–H groups in total. The summed E-state index contributed by atoms with van der Waals surface area (Å²) in [5.41, 5.74) is 2.87. The van der Waals surface area contributed by atoms with Gasteiger partial charge in [0.1, 0.15) is 0 Å². The number of hydrogen-bond acceptors (Lipinski definition) is 5. The fraction of sp³-hybridized carbons (Fsp3) is 0.0952. The Morgan fingerprint density at radius 1 is 1.15 bits per heavy atom. The number of para-hydroxylation sites is 1. The molecule has 0 fully saturated rings. The monoisotopic (exact) mass is 391 g/mol. The van der Waals surface area contributed by atoms with Crippen molar-refractivity contribution >= 4 is 50.0 Å². The molecule has 1 amide bonds. The van der Waals surface area contributed by atoms with Crippen LogP contribution >= 0.6 is 22.7 Å². The predicted octanol–water partition coefficient (Wildman–Crippen LogP) is 5.31. The number of aryl methyl sites for hydroxylation is 1. The highest BCUT2D eigenvalue weighted by atomic mass is 32.1. The number of aromatic nitrogens is 2. The van der Waals surface area contributed by atoms with Crippen molar-refractivity contribution in [2.24, 2.45) is 0 Å². The Morgan fingerprint density at radius 2 is 2.07 bits per heavy atom. The Hall–Kier alpha value is -2.83. The van der Waals surface area contributed by atoms with E-state index >= 15 is 0 Å². The molecule has 0 bridgehead atoms. The second kappa shape index (κ2) is 7.82. The number of thiophene rings is 1. The van der Waals surface area contributed by atoms with Gasteiger partial charge in [-0.15, -0.1) is 11.3 Å². The molecule has 0 unspecified atom stereocenters. The van der Waals surface area contributed by atoms with Crippen LogP contribution in [0.5, 0.6) is 0 Å². The lowest BCUT2D eigenvalue weighted by atomic mass is 10.2. The lowest BCUT2D eigenvalue weighted by Gasteiger charge is -2.17. The molecule has 0 aliphatic carbocycles. The smallest absolute Gasteiger partial charge is 0.253 e. The minimum absolute atomic E-state index is 0.106. The van der Waals surface area contributed by atoms with Gasteiger partial charge in [0.25, 0.3) is 5.91 Å². The van der Waals surface area contributed by atoms with Crippen molar-refractivity contribution in [3.8, 4) is 0 Å². The zero-order valence-corrected chi connectivity index (χ0v) is 16.3. The molecule has 1 aromatic carbocycles. The topological polar surface area (TPSA) is 46.1 Å². The highest BCUT2D eigenvalue weighted by molar-refractivity contribution is 7.22. The molecule has 0 radical (unpaired) electrons. The van der Waals surface area contributed by atoms with Crippen molar-refractivity contribution in [1.82, 2.24) is 9.97 Å². The molecule has 0 spiro atoms. The van der Waals surface area contributed by atoms with Gasteiger partial charge in [0, 0.05) is 17.2 Å². The molecule has 0 saturated heterocycles. The SMILES string of the molecule is Cc1cccc2sc(N(Cc3ccccn3)C(=O)C=Cc3cccs3)nc12. The van der Waals surface area contributed by atoms with Gasteiger partial charge in [-0.3, -0.25) is 14.7 Å². The molecule has 0 aliphatic heterocycles. The van der Waals surface area contributed by atoms with Crippen LogP contribution in [0, 0.1) is 6.92 Å². The summed E-state index contributed by atoms with van der Waals surface area (Å²) in [4.78, 5) is 24.8. The first kappa shape index (κ1) is 17.6. The number of amides is 1. The molecule has 6 heteroatoms. The number of fused-ring (bicyclic) bond motifs is 1. The molecule has 3 heterocycles.